The van der Waals surface area contributed by atoms with Crippen molar-refractivity contribution in [3.05, 3.63) is 0 Å². The van der Waals surface area contributed by atoms with Crippen LogP contribution in [0.5, 0.6) is 0 Å². The molecule has 1 N–H and O–H groups in total. The molecule has 3 fully saturated rings. The Morgan fingerprint density at radius 3 is 2.16 bits per heavy atom. The van der Waals surface area contributed by atoms with Gasteiger partial charge in [0.1, 0.15) is 0 Å². The second-order valence-electron chi connectivity index (χ2n) is 6.80. The van der Waals surface area contributed by atoms with E-state index < -0.39 is 0 Å². The number of aliphatic hydroxyl groups excluding tert-OH is 1. The van der Waals surface area contributed by atoms with Gasteiger partial charge >= 0.3 is 0 Å². The summed E-state index contributed by atoms with van der Waals surface area (Å²) in [5.74, 6) is 0.377. The van der Waals surface area contributed by atoms with Crippen molar-refractivity contribution in [2.75, 3.05) is 6.54 Å². The van der Waals surface area contributed by atoms with E-state index in [0.717, 1.165) is 38.5 Å². The number of hydrogen-bond acceptors (Lipinski definition) is 3. The molecular weight excluding hydrogens is 242 g/mol. The van der Waals surface area contributed by atoms with Gasteiger partial charge in [-0.1, -0.05) is 19.3 Å². The third-order valence-electron chi connectivity index (χ3n) is 5.22. The topological polar surface area (TPSA) is 57.6 Å². The SMILES string of the molecule is O=C1CC2(CCCCC2)CC(=O)N1CC1CC(O)C1. The number of amides is 2. The van der Waals surface area contributed by atoms with Crippen molar-refractivity contribution < 1.29 is 14.7 Å². The lowest BCUT2D eigenvalue weighted by Crippen LogP contribution is -2.51. The number of carbonyl (C=O) groups excluding carboxylic acids is 2. The maximum absolute atomic E-state index is 12.3. The van der Waals surface area contributed by atoms with E-state index in [4.69, 9.17) is 0 Å². The summed E-state index contributed by atoms with van der Waals surface area (Å²) in [5.41, 5.74) is -0.0119. The average molecular weight is 265 g/mol. The minimum Gasteiger partial charge on any atom is -0.393 e. The van der Waals surface area contributed by atoms with Gasteiger partial charge in [0.25, 0.3) is 0 Å². The summed E-state index contributed by atoms with van der Waals surface area (Å²) < 4.78 is 0. The zero-order valence-electron chi connectivity index (χ0n) is 11.4. The number of rotatable bonds is 2. The van der Waals surface area contributed by atoms with Crippen LogP contribution in [0.3, 0.4) is 0 Å². The number of aliphatic hydroxyl groups is 1. The van der Waals surface area contributed by atoms with Crippen molar-refractivity contribution >= 4 is 11.8 Å². The van der Waals surface area contributed by atoms with Crippen LogP contribution in [0.25, 0.3) is 0 Å². The Hall–Kier alpha value is -0.900. The van der Waals surface area contributed by atoms with Crippen molar-refractivity contribution in [1.29, 1.82) is 0 Å². The monoisotopic (exact) mass is 265 g/mol. The van der Waals surface area contributed by atoms with E-state index >= 15 is 0 Å². The Labute approximate surface area is 114 Å². The van der Waals surface area contributed by atoms with Crippen LogP contribution < -0.4 is 0 Å². The zero-order valence-corrected chi connectivity index (χ0v) is 11.4. The first-order valence-corrected chi connectivity index (χ1v) is 7.59. The molecule has 1 heterocycles. The Bertz CT molecular complexity index is 361. The quantitative estimate of drug-likeness (QED) is 0.775. The van der Waals surface area contributed by atoms with Gasteiger partial charge in [0.15, 0.2) is 0 Å². The van der Waals surface area contributed by atoms with Crippen molar-refractivity contribution in [2.45, 2.75) is 63.9 Å². The van der Waals surface area contributed by atoms with Gasteiger partial charge in [0, 0.05) is 19.4 Å². The Kier molecular flexibility index (Phi) is 3.37. The first-order chi connectivity index (χ1) is 9.08. The highest BCUT2D eigenvalue weighted by molar-refractivity contribution is 5.98. The van der Waals surface area contributed by atoms with Crippen molar-refractivity contribution in [1.82, 2.24) is 4.90 Å². The Morgan fingerprint density at radius 1 is 1.05 bits per heavy atom. The average Bonchev–Trinajstić information content (AvgIpc) is 2.32. The molecule has 106 valence electrons. The van der Waals surface area contributed by atoms with Gasteiger partial charge in [0.05, 0.1) is 6.10 Å². The Balaban J connectivity index is 1.62. The minimum atomic E-state index is -0.218. The predicted molar refractivity (Wildman–Crippen MR) is 70.2 cm³/mol. The maximum atomic E-state index is 12.3. The molecule has 19 heavy (non-hydrogen) atoms. The van der Waals surface area contributed by atoms with Crippen LogP contribution in [-0.4, -0.2) is 34.5 Å². The fraction of sp³-hybridized carbons (Fsp3) is 0.867. The van der Waals surface area contributed by atoms with Gasteiger partial charge in [0.2, 0.25) is 11.8 Å². The lowest BCUT2D eigenvalue weighted by atomic mass is 9.67. The summed E-state index contributed by atoms with van der Waals surface area (Å²) >= 11 is 0. The van der Waals surface area contributed by atoms with E-state index in [9.17, 15) is 14.7 Å². The zero-order chi connectivity index (χ0) is 13.5. The van der Waals surface area contributed by atoms with E-state index in [1.807, 2.05) is 0 Å². The molecule has 0 atom stereocenters. The summed E-state index contributed by atoms with van der Waals surface area (Å²) in [6, 6.07) is 0. The van der Waals surface area contributed by atoms with Gasteiger partial charge in [-0.15, -0.1) is 0 Å². The molecule has 2 saturated carbocycles. The van der Waals surface area contributed by atoms with Gasteiger partial charge in [-0.05, 0) is 37.0 Å². The van der Waals surface area contributed by atoms with Gasteiger partial charge in [-0.25, -0.2) is 0 Å². The molecule has 0 aromatic rings. The summed E-state index contributed by atoms with van der Waals surface area (Å²) in [4.78, 5) is 26.0. The highest BCUT2D eigenvalue weighted by Gasteiger charge is 2.45. The van der Waals surface area contributed by atoms with Crippen LogP contribution in [0.2, 0.25) is 0 Å². The molecule has 4 nitrogen and oxygen atoms in total. The van der Waals surface area contributed by atoms with Crippen LogP contribution in [0.1, 0.15) is 57.8 Å². The molecule has 0 bridgehead atoms. The van der Waals surface area contributed by atoms with Crippen LogP contribution >= 0.6 is 0 Å². The molecule has 1 aliphatic heterocycles. The highest BCUT2D eigenvalue weighted by Crippen LogP contribution is 2.45. The van der Waals surface area contributed by atoms with Crippen molar-refractivity contribution in [3.63, 3.8) is 0 Å². The predicted octanol–water partition coefficient (Wildman–Crippen LogP) is 1.86. The number of piperidine rings is 1. The normalized spacial score (nSPS) is 34.5. The largest absolute Gasteiger partial charge is 0.393 e. The van der Waals surface area contributed by atoms with Gasteiger partial charge in [-0.2, -0.15) is 0 Å². The molecule has 0 unspecified atom stereocenters. The molecular formula is C15H23NO3. The molecule has 0 radical (unpaired) electrons. The lowest BCUT2D eigenvalue weighted by molar-refractivity contribution is -0.156. The molecule has 0 aromatic carbocycles. The van der Waals surface area contributed by atoms with Gasteiger partial charge < -0.3 is 5.11 Å². The molecule has 2 aliphatic carbocycles. The van der Waals surface area contributed by atoms with E-state index in [0.29, 0.717) is 25.3 Å². The van der Waals surface area contributed by atoms with Gasteiger partial charge in [-0.3, -0.25) is 14.5 Å². The molecule has 3 rings (SSSR count). The number of imide groups is 1. The number of likely N-dealkylation sites (tertiary alicyclic amines) is 1. The summed E-state index contributed by atoms with van der Waals surface area (Å²) in [6.45, 7) is 0.533. The van der Waals surface area contributed by atoms with E-state index in [2.05, 4.69) is 0 Å². The van der Waals surface area contributed by atoms with E-state index in [1.165, 1.54) is 11.3 Å². The summed E-state index contributed by atoms with van der Waals surface area (Å²) in [6.07, 6.45) is 8.04. The standard InChI is InChI=1S/C15H23NO3/c17-12-6-11(7-12)10-16-13(18)8-15(9-14(16)19)4-2-1-3-5-15/h11-12,17H,1-10H2. The smallest absolute Gasteiger partial charge is 0.229 e. The lowest BCUT2D eigenvalue weighted by Gasteiger charge is -2.44. The molecule has 3 aliphatic rings. The van der Waals surface area contributed by atoms with Crippen molar-refractivity contribution in [3.8, 4) is 0 Å². The number of hydrogen-bond donors (Lipinski definition) is 1. The van der Waals surface area contributed by atoms with Crippen LogP contribution in [0, 0.1) is 11.3 Å². The Morgan fingerprint density at radius 2 is 1.63 bits per heavy atom. The summed E-state index contributed by atoms with van der Waals surface area (Å²) in [7, 11) is 0. The third kappa shape index (κ3) is 2.55. The minimum absolute atomic E-state index is 0.0119. The molecule has 0 aromatic heterocycles. The fourth-order valence-corrected chi connectivity index (χ4v) is 4.00. The fourth-order valence-electron chi connectivity index (χ4n) is 4.00. The third-order valence-corrected chi connectivity index (χ3v) is 5.22. The molecule has 2 amide bonds. The number of nitrogens with zero attached hydrogens (tertiary/aromatic N) is 1. The summed E-state index contributed by atoms with van der Waals surface area (Å²) in [5, 5.41) is 9.29. The van der Waals surface area contributed by atoms with Crippen molar-refractivity contribution in [2.24, 2.45) is 11.3 Å². The molecule has 1 saturated heterocycles. The molecule has 1 spiro atoms. The van der Waals surface area contributed by atoms with Crippen LogP contribution in [-0.2, 0) is 9.59 Å². The second-order valence-corrected chi connectivity index (χ2v) is 6.80. The van der Waals surface area contributed by atoms with Crippen LogP contribution in [0.4, 0.5) is 0 Å². The first-order valence-electron chi connectivity index (χ1n) is 7.59. The van der Waals surface area contributed by atoms with E-state index in [1.54, 1.807) is 0 Å². The first kappa shape index (κ1) is 13.1. The van der Waals surface area contributed by atoms with Crippen LogP contribution in [0.15, 0.2) is 0 Å². The molecule has 4 heteroatoms. The number of carbonyl (C=O) groups is 2. The highest BCUT2D eigenvalue weighted by atomic mass is 16.3. The maximum Gasteiger partial charge on any atom is 0.229 e. The second kappa shape index (κ2) is 4.89. The van der Waals surface area contributed by atoms with E-state index in [-0.39, 0.29) is 23.3 Å².